The summed E-state index contributed by atoms with van der Waals surface area (Å²) in [4.78, 5) is 23.4. The summed E-state index contributed by atoms with van der Waals surface area (Å²) < 4.78 is 0. The van der Waals surface area contributed by atoms with Crippen molar-refractivity contribution in [3.8, 4) is 5.75 Å². The predicted octanol–water partition coefficient (Wildman–Crippen LogP) is 7.03. The molecule has 182 valence electrons. The summed E-state index contributed by atoms with van der Waals surface area (Å²) in [5.41, 5.74) is 2.68. The fourth-order valence-electron chi connectivity index (χ4n) is 7.57. The molecule has 4 heteroatoms. The summed E-state index contributed by atoms with van der Waals surface area (Å²) in [5.74, 6) is 2.52. The van der Waals surface area contributed by atoms with Crippen LogP contribution in [0.4, 0.5) is 0 Å². The topological polar surface area (TPSA) is 74.6 Å². The number of carbonyl (C=O) groups is 2. The number of benzene rings is 1. The summed E-state index contributed by atoms with van der Waals surface area (Å²) in [7, 11) is 0. The van der Waals surface area contributed by atoms with Crippen molar-refractivity contribution in [3.63, 3.8) is 0 Å². The third-order valence-corrected chi connectivity index (χ3v) is 9.31. The van der Waals surface area contributed by atoms with Crippen molar-refractivity contribution in [3.05, 3.63) is 29.3 Å². The number of fused-ring (bicyclic) bond motifs is 5. The van der Waals surface area contributed by atoms with Gasteiger partial charge in [0, 0.05) is 18.3 Å². The lowest BCUT2D eigenvalue weighted by Gasteiger charge is -2.51. The highest BCUT2D eigenvalue weighted by atomic mass is 16.4. The van der Waals surface area contributed by atoms with Gasteiger partial charge >= 0.3 is 5.97 Å². The number of phenols is 1. The molecule has 1 aromatic rings. The Morgan fingerprint density at radius 1 is 1.03 bits per heavy atom. The van der Waals surface area contributed by atoms with Gasteiger partial charge in [0.1, 0.15) is 11.5 Å². The summed E-state index contributed by atoms with van der Waals surface area (Å²) in [6.45, 7) is 2.25. The normalized spacial score (nSPS) is 30.5. The lowest BCUT2D eigenvalue weighted by molar-refractivity contribution is -0.137. The largest absolute Gasteiger partial charge is 0.508 e. The van der Waals surface area contributed by atoms with E-state index in [-0.39, 0.29) is 5.41 Å². The number of aromatic hydroxyl groups is 1. The van der Waals surface area contributed by atoms with Gasteiger partial charge in [-0.2, -0.15) is 0 Å². The first-order valence-corrected chi connectivity index (χ1v) is 13.5. The Labute approximate surface area is 199 Å². The monoisotopic (exact) mass is 454 g/mol. The number of hydrogen-bond donors (Lipinski definition) is 2. The minimum Gasteiger partial charge on any atom is -0.508 e. The summed E-state index contributed by atoms with van der Waals surface area (Å²) in [6, 6.07) is 6.01. The Kier molecular flexibility index (Phi) is 7.81. The third kappa shape index (κ3) is 5.30. The maximum absolute atomic E-state index is 12.8. The van der Waals surface area contributed by atoms with E-state index in [1.165, 1.54) is 49.7 Å². The van der Waals surface area contributed by atoms with Crippen molar-refractivity contribution in [2.75, 3.05) is 0 Å². The van der Waals surface area contributed by atoms with Gasteiger partial charge in [0.05, 0.1) is 0 Å². The van der Waals surface area contributed by atoms with Crippen LogP contribution in [0.25, 0.3) is 0 Å². The molecule has 1 aromatic carbocycles. The highest BCUT2D eigenvalue weighted by Crippen LogP contribution is 2.61. The van der Waals surface area contributed by atoms with Crippen molar-refractivity contribution in [2.24, 2.45) is 23.2 Å². The number of unbranched alkanes of at least 4 members (excludes halogenated alkanes) is 7. The van der Waals surface area contributed by atoms with E-state index >= 15 is 0 Å². The first-order chi connectivity index (χ1) is 15.9. The predicted molar refractivity (Wildman–Crippen MR) is 130 cm³/mol. The van der Waals surface area contributed by atoms with Crippen LogP contribution in [-0.4, -0.2) is 22.0 Å². The van der Waals surface area contributed by atoms with Crippen molar-refractivity contribution in [1.82, 2.24) is 0 Å². The summed E-state index contributed by atoms with van der Waals surface area (Å²) in [5, 5.41) is 18.8. The number of carbonyl (C=O) groups excluding carboxylic acids is 1. The zero-order valence-electron chi connectivity index (χ0n) is 20.4. The van der Waals surface area contributed by atoms with E-state index in [9.17, 15) is 14.7 Å². The van der Waals surface area contributed by atoms with E-state index in [1.807, 2.05) is 12.1 Å². The van der Waals surface area contributed by atoms with Crippen LogP contribution in [0.1, 0.15) is 114 Å². The van der Waals surface area contributed by atoms with Gasteiger partial charge in [0.25, 0.3) is 0 Å². The molecule has 0 aromatic heterocycles. The van der Waals surface area contributed by atoms with Crippen LogP contribution in [0.3, 0.4) is 0 Å². The van der Waals surface area contributed by atoms with E-state index in [0.717, 1.165) is 51.4 Å². The molecule has 3 aliphatic rings. The second kappa shape index (κ2) is 10.6. The lowest BCUT2D eigenvalue weighted by Crippen LogP contribution is -2.46. The number of hydrogen-bond acceptors (Lipinski definition) is 3. The third-order valence-electron chi connectivity index (χ3n) is 9.31. The van der Waals surface area contributed by atoms with Crippen LogP contribution in [0.15, 0.2) is 18.2 Å². The molecule has 0 amide bonds. The van der Waals surface area contributed by atoms with Gasteiger partial charge in [-0.3, -0.25) is 9.59 Å². The zero-order chi connectivity index (χ0) is 23.4. The first-order valence-electron chi connectivity index (χ1n) is 13.5. The molecule has 2 fully saturated rings. The van der Waals surface area contributed by atoms with Gasteiger partial charge in [-0.05, 0) is 85.5 Å². The molecule has 4 rings (SSSR count). The molecule has 5 atom stereocenters. The highest BCUT2D eigenvalue weighted by Gasteiger charge is 2.56. The van der Waals surface area contributed by atoms with Crippen molar-refractivity contribution in [2.45, 2.75) is 109 Å². The zero-order valence-corrected chi connectivity index (χ0v) is 20.4. The molecule has 0 heterocycles. The van der Waals surface area contributed by atoms with Crippen LogP contribution in [0, 0.1) is 23.2 Å². The fraction of sp³-hybridized carbons (Fsp3) is 0.724. The average molecular weight is 455 g/mol. The number of phenolic OH excluding ortho intramolecular Hbond substituents is 1. The Bertz CT molecular complexity index is 846. The molecule has 33 heavy (non-hydrogen) atoms. The van der Waals surface area contributed by atoms with Crippen molar-refractivity contribution >= 4 is 11.8 Å². The van der Waals surface area contributed by atoms with E-state index < -0.39 is 5.97 Å². The van der Waals surface area contributed by atoms with Crippen LogP contribution in [0.5, 0.6) is 5.75 Å². The van der Waals surface area contributed by atoms with Gasteiger partial charge in [0.15, 0.2) is 0 Å². The Morgan fingerprint density at radius 2 is 1.73 bits per heavy atom. The molecule has 0 aliphatic heterocycles. The average Bonchev–Trinajstić information content (AvgIpc) is 3.08. The molecule has 2 saturated carbocycles. The van der Waals surface area contributed by atoms with Gasteiger partial charge < -0.3 is 10.2 Å². The van der Waals surface area contributed by atoms with Gasteiger partial charge in [-0.15, -0.1) is 0 Å². The summed E-state index contributed by atoms with van der Waals surface area (Å²) >= 11 is 0. The Hall–Kier alpha value is -1.84. The highest BCUT2D eigenvalue weighted by molar-refractivity contribution is 5.87. The number of rotatable bonds is 11. The Balaban J connectivity index is 1.32. The number of carboxylic acids is 1. The molecule has 0 spiro atoms. The molecular formula is C29H42O4. The van der Waals surface area contributed by atoms with Crippen LogP contribution < -0.4 is 0 Å². The van der Waals surface area contributed by atoms with E-state index in [4.69, 9.17) is 5.11 Å². The first kappa shape index (κ1) is 24.3. The van der Waals surface area contributed by atoms with Crippen LogP contribution in [0.2, 0.25) is 0 Å². The number of aliphatic carboxylic acids is 1. The quantitative estimate of drug-likeness (QED) is 0.352. The van der Waals surface area contributed by atoms with Gasteiger partial charge in [0.2, 0.25) is 0 Å². The SMILES string of the molecule is C[C@]12CC[C@@H]3c4ccc(O)cc4C[C@@H](CCCCCCCCCCC(=O)O)[C@H]3[C@@H]1CCC2=O. The summed E-state index contributed by atoms with van der Waals surface area (Å²) in [6.07, 6.45) is 15.8. The molecule has 2 N–H and O–H groups in total. The Morgan fingerprint density at radius 3 is 2.45 bits per heavy atom. The van der Waals surface area contributed by atoms with E-state index in [1.54, 1.807) is 0 Å². The standard InChI is InChI=1S/C29H42O4/c1-29-17-16-24-23-13-12-22(30)19-21(23)18-20(28(24)25(29)14-15-26(29)31)10-8-6-4-2-3-5-7-9-11-27(32)33/h12-13,19-20,24-25,28,30H,2-11,14-18H2,1H3,(H,32,33)/t20-,24-,25+,28-,29+/m1/s1. The van der Waals surface area contributed by atoms with Crippen molar-refractivity contribution < 1.29 is 19.8 Å². The lowest BCUT2D eigenvalue weighted by atomic mass is 9.52. The van der Waals surface area contributed by atoms with Crippen LogP contribution >= 0.6 is 0 Å². The number of carboxylic acid groups (broad SMARTS) is 1. The molecule has 0 saturated heterocycles. The second-order valence-corrected chi connectivity index (χ2v) is 11.3. The molecular weight excluding hydrogens is 412 g/mol. The van der Waals surface area contributed by atoms with Crippen molar-refractivity contribution in [1.29, 1.82) is 0 Å². The van der Waals surface area contributed by atoms with E-state index in [2.05, 4.69) is 13.0 Å². The van der Waals surface area contributed by atoms with Gasteiger partial charge in [-0.25, -0.2) is 0 Å². The molecule has 0 radical (unpaired) electrons. The van der Waals surface area contributed by atoms with E-state index in [0.29, 0.717) is 41.6 Å². The molecule has 3 aliphatic carbocycles. The minimum atomic E-state index is -0.682. The molecule has 0 bridgehead atoms. The maximum Gasteiger partial charge on any atom is 0.303 e. The second-order valence-electron chi connectivity index (χ2n) is 11.3. The molecule has 0 unspecified atom stereocenters. The number of ketones is 1. The van der Waals surface area contributed by atoms with Gasteiger partial charge in [-0.1, -0.05) is 57.9 Å². The van der Waals surface area contributed by atoms with Crippen LogP contribution in [-0.2, 0) is 16.0 Å². The minimum absolute atomic E-state index is 0.103. The maximum atomic E-state index is 12.8. The smallest absolute Gasteiger partial charge is 0.303 e. The molecule has 4 nitrogen and oxygen atoms in total. The number of Topliss-reactive ketones (excluding diaryl/α,β-unsaturated/α-hetero) is 1. The fourth-order valence-corrected chi connectivity index (χ4v) is 7.57.